The number of hydrogen-bond acceptors (Lipinski definition) is 1. The molecule has 0 aliphatic heterocycles. The summed E-state index contributed by atoms with van der Waals surface area (Å²) in [7, 11) is -1.57. The van der Waals surface area contributed by atoms with Crippen molar-refractivity contribution in [1.82, 2.24) is 0 Å². The largest absolute Gasteiger partial charge is 0.410 e. The molecule has 0 amide bonds. The first kappa shape index (κ1) is 20.6. The molecule has 4 heteroatoms. The minimum Gasteiger partial charge on any atom is -0.410 e. The molecular formula is C16H28BrIOSi. The average molecular weight is 471 g/mol. The maximum atomic E-state index is 6.62. The third-order valence-electron chi connectivity index (χ3n) is 3.95. The van der Waals surface area contributed by atoms with Crippen LogP contribution in [0.25, 0.3) is 0 Å². The predicted molar refractivity (Wildman–Crippen MR) is 106 cm³/mol. The van der Waals surface area contributed by atoms with Crippen molar-refractivity contribution in [2.45, 2.75) is 58.9 Å². The van der Waals surface area contributed by atoms with Gasteiger partial charge in [-0.25, -0.2) is 0 Å². The predicted octanol–water partition coefficient (Wildman–Crippen LogP) is 6.82. The summed E-state index contributed by atoms with van der Waals surface area (Å²) < 4.78 is 8.67. The zero-order chi connectivity index (χ0) is 15.6. The molecule has 0 saturated heterocycles. The van der Waals surface area contributed by atoms with Crippen LogP contribution in [0.5, 0.6) is 0 Å². The topological polar surface area (TPSA) is 9.23 Å². The highest BCUT2D eigenvalue weighted by atomic mass is 127. The van der Waals surface area contributed by atoms with Crippen LogP contribution in [0.4, 0.5) is 0 Å². The summed E-state index contributed by atoms with van der Waals surface area (Å²) in [6.07, 6.45) is 6.74. The highest BCUT2D eigenvalue weighted by molar-refractivity contribution is 14.1. The van der Waals surface area contributed by atoms with Gasteiger partial charge in [0.2, 0.25) is 0 Å². The molecule has 0 aromatic heterocycles. The molecule has 1 nitrogen and oxygen atoms in total. The van der Waals surface area contributed by atoms with E-state index in [0.29, 0.717) is 5.92 Å². The third-order valence-corrected chi connectivity index (χ3v) is 9.25. The van der Waals surface area contributed by atoms with Crippen molar-refractivity contribution >= 4 is 46.8 Å². The first-order valence-corrected chi connectivity index (χ1v) is 12.1. The van der Waals surface area contributed by atoms with Crippen LogP contribution in [-0.2, 0) is 4.43 Å². The molecule has 0 bridgehead atoms. The van der Waals surface area contributed by atoms with E-state index in [1.165, 1.54) is 23.7 Å². The minimum absolute atomic E-state index is 0.165. The maximum Gasteiger partial charge on any atom is 0.192 e. The Morgan fingerprint density at radius 3 is 2.20 bits per heavy atom. The molecule has 2 atom stereocenters. The molecule has 0 N–H and O–H groups in total. The molecule has 0 heterocycles. The van der Waals surface area contributed by atoms with Gasteiger partial charge in [-0.05, 0) is 40.2 Å². The van der Waals surface area contributed by atoms with E-state index in [4.69, 9.17) is 4.43 Å². The molecular weight excluding hydrogens is 443 g/mol. The van der Waals surface area contributed by atoms with Gasteiger partial charge >= 0.3 is 0 Å². The maximum absolute atomic E-state index is 6.62. The summed E-state index contributed by atoms with van der Waals surface area (Å²) in [6.45, 7) is 11.2. The second-order valence-electron chi connectivity index (χ2n) is 5.21. The van der Waals surface area contributed by atoms with Gasteiger partial charge in [0.1, 0.15) is 0 Å². The molecule has 20 heavy (non-hydrogen) atoms. The average Bonchev–Trinajstić information content (AvgIpc) is 2.44. The molecule has 116 valence electrons. The van der Waals surface area contributed by atoms with Gasteiger partial charge < -0.3 is 4.43 Å². The first-order valence-electron chi connectivity index (χ1n) is 7.38. The molecule has 0 unspecified atom stereocenters. The Hall–Kier alpha value is 0.607. The fourth-order valence-electron chi connectivity index (χ4n) is 2.35. The summed E-state index contributed by atoms with van der Waals surface area (Å²) >= 11 is 5.66. The van der Waals surface area contributed by atoms with Crippen LogP contribution in [0.15, 0.2) is 32.9 Å². The summed E-state index contributed by atoms with van der Waals surface area (Å²) in [5.41, 5.74) is 1.29. The van der Waals surface area contributed by atoms with Crippen molar-refractivity contribution in [2.75, 3.05) is 0 Å². The zero-order valence-electron chi connectivity index (χ0n) is 13.3. The summed E-state index contributed by atoms with van der Waals surface area (Å²) in [5.74, 6) is 0.382. The molecule has 0 radical (unpaired) electrons. The van der Waals surface area contributed by atoms with Gasteiger partial charge in [-0.2, -0.15) is 0 Å². The Bertz CT molecular complexity index is 340. The van der Waals surface area contributed by atoms with Crippen molar-refractivity contribution < 1.29 is 4.43 Å². The molecule has 0 spiro atoms. The van der Waals surface area contributed by atoms with E-state index < -0.39 is 8.32 Å². The monoisotopic (exact) mass is 470 g/mol. The van der Waals surface area contributed by atoms with Crippen molar-refractivity contribution in [2.24, 2.45) is 5.92 Å². The van der Waals surface area contributed by atoms with Gasteiger partial charge in [-0.3, -0.25) is 0 Å². The van der Waals surface area contributed by atoms with Crippen molar-refractivity contribution in [3.05, 3.63) is 32.9 Å². The van der Waals surface area contributed by atoms with Gasteiger partial charge in [0.15, 0.2) is 8.32 Å². The lowest BCUT2D eigenvalue weighted by Gasteiger charge is -2.34. The minimum atomic E-state index is -1.57. The fraction of sp³-hybridized carbons (Fsp3) is 0.625. The molecule has 0 aromatic carbocycles. The zero-order valence-corrected chi connectivity index (χ0v) is 18.1. The first-order chi connectivity index (χ1) is 9.48. The van der Waals surface area contributed by atoms with Crippen LogP contribution in [0, 0.1) is 5.92 Å². The van der Waals surface area contributed by atoms with Crippen LogP contribution in [0.1, 0.15) is 34.6 Å². The second-order valence-corrected chi connectivity index (χ2v) is 11.2. The quantitative estimate of drug-likeness (QED) is 0.204. The van der Waals surface area contributed by atoms with Gasteiger partial charge in [0.05, 0.1) is 6.10 Å². The third kappa shape index (κ3) is 7.05. The number of allylic oxidation sites excluding steroid dienone is 2. The smallest absolute Gasteiger partial charge is 0.192 e. The van der Waals surface area contributed by atoms with Gasteiger partial charge in [-0.15, -0.1) is 0 Å². The van der Waals surface area contributed by atoms with E-state index in [1.807, 2.05) is 4.99 Å². The van der Waals surface area contributed by atoms with E-state index in [0.717, 1.165) is 0 Å². The molecule has 0 fully saturated rings. The molecule has 0 aliphatic carbocycles. The van der Waals surface area contributed by atoms with Gasteiger partial charge in [0, 0.05) is 5.92 Å². The number of rotatable bonds is 9. The lowest BCUT2D eigenvalue weighted by atomic mass is 10.0. The van der Waals surface area contributed by atoms with E-state index in [-0.39, 0.29) is 6.10 Å². The highest BCUT2D eigenvalue weighted by Gasteiger charge is 2.32. The van der Waals surface area contributed by atoms with Crippen LogP contribution < -0.4 is 0 Å². The Kier molecular flexibility index (Phi) is 11.6. The summed E-state index contributed by atoms with van der Waals surface area (Å²) in [5, 5.41) is 0. The highest BCUT2D eigenvalue weighted by Crippen LogP contribution is 2.27. The van der Waals surface area contributed by atoms with Crippen molar-refractivity contribution in [1.29, 1.82) is 0 Å². The lowest BCUT2D eigenvalue weighted by Crippen LogP contribution is -2.41. The van der Waals surface area contributed by atoms with Gasteiger partial charge in [-0.1, -0.05) is 83.9 Å². The Balaban J connectivity index is 5.10. The van der Waals surface area contributed by atoms with Gasteiger partial charge in [0.25, 0.3) is 0 Å². The standard InChI is InChI=1S/C16H28BrIOSi/c1-6-20(7-2,8-3)19-16(9-11-17)15(5)13-14(4)10-12-18/h9-13,15-16H,6-8H2,1-5H3/b11-9-,12-10-,14-13+/t15-,16+/m1/s1. The molecule has 0 aliphatic rings. The Morgan fingerprint density at radius 2 is 1.80 bits per heavy atom. The van der Waals surface area contributed by atoms with Crippen molar-refractivity contribution in [3.63, 3.8) is 0 Å². The van der Waals surface area contributed by atoms with Crippen LogP contribution in [0.3, 0.4) is 0 Å². The van der Waals surface area contributed by atoms with Crippen LogP contribution >= 0.6 is 38.5 Å². The molecule has 0 saturated carbocycles. The molecule has 0 rings (SSSR count). The fourth-order valence-corrected chi connectivity index (χ4v) is 6.09. The van der Waals surface area contributed by atoms with E-state index >= 15 is 0 Å². The van der Waals surface area contributed by atoms with Crippen molar-refractivity contribution in [3.8, 4) is 0 Å². The Morgan fingerprint density at radius 1 is 1.25 bits per heavy atom. The summed E-state index contributed by atoms with van der Waals surface area (Å²) in [4.78, 5) is 1.94. The Labute approximate surface area is 148 Å². The normalized spacial score (nSPS) is 17.1. The van der Waals surface area contributed by atoms with Crippen LogP contribution in [-0.4, -0.2) is 14.4 Å². The number of hydrogen-bond donors (Lipinski definition) is 0. The summed E-state index contributed by atoms with van der Waals surface area (Å²) in [6, 6.07) is 3.57. The SMILES string of the molecule is CC[Si](CC)(CC)O[C@@H](/C=C\Br)[C@H](C)/C=C(C)/C=C\I. The second kappa shape index (κ2) is 11.2. The van der Waals surface area contributed by atoms with Crippen LogP contribution in [0.2, 0.25) is 18.1 Å². The van der Waals surface area contributed by atoms with E-state index in [2.05, 4.69) is 95.5 Å². The van der Waals surface area contributed by atoms with E-state index in [1.54, 1.807) is 0 Å². The lowest BCUT2D eigenvalue weighted by molar-refractivity contribution is 0.196. The number of halogens is 2. The molecule has 0 aromatic rings. The van der Waals surface area contributed by atoms with E-state index in [9.17, 15) is 0 Å².